The van der Waals surface area contributed by atoms with E-state index in [-0.39, 0.29) is 12.1 Å². The number of rotatable bonds is 6. The van der Waals surface area contributed by atoms with Gasteiger partial charge in [0.25, 0.3) is 0 Å². The van der Waals surface area contributed by atoms with Crippen LogP contribution >= 0.6 is 0 Å². The molecule has 0 aliphatic carbocycles. The van der Waals surface area contributed by atoms with Gasteiger partial charge in [-0.25, -0.2) is 19.6 Å². The first-order valence-electron chi connectivity index (χ1n) is 8.45. The number of hydrogen-bond acceptors (Lipinski definition) is 6. The van der Waals surface area contributed by atoms with Gasteiger partial charge in [0, 0.05) is 19.7 Å². The van der Waals surface area contributed by atoms with Crippen LogP contribution in [0.5, 0.6) is 0 Å². The molecule has 0 unspecified atom stereocenters. The summed E-state index contributed by atoms with van der Waals surface area (Å²) in [6.07, 6.45) is 0.910. The van der Waals surface area contributed by atoms with E-state index in [1.54, 1.807) is 45.0 Å². The van der Waals surface area contributed by atoms with Gasteiger partial charge < -0.3 is 20.1 Å². The van der Waals surface area contributed by atoms with E-state index in [1.165, 1.54) is 6.33 Å². The van der Waals surface area contributed by atoms with Crippen molar-refractivity contribution in [3.05, 3.63) is 53.5 Å². The zero-order chi connectivity index (χ0) is 20.0. The highest BCUT2D eigenvalue weighted by Gasteiger charge is 2.16. The number of hydrogen-bond donors (Lipinski definition) is 2. The Bertz CT molecular complexity index is 817. The number of amides is 1. The Hall–Kier alpha value is -3.16. The van der Waals surface area contributed by atoms with Crippen molar-refractivity contribution >= 4 is 17.9 Å². The molecular weight excluding hydrogens is 348 g/mol. The lowest BCUT2D eigenvalue weighted by Crippen LogP contribution is -2.32. The van der Waals surface area contributed by atoms with Gasteiger partial charge in [-0.15, -0.1) is 0 Å². The van der Waals surface area contributed by atoms with Crippen LogP contribution in [0.4, 0.5) is 10.6 Å². The third-order valence-corrected chi connectivity index (χ3v) is 3.51. The topological polar surface area (TPSA) is 105 Å². The van der Waals surface area contributed by atoms with Crippen molar-refractivity contribution in [2.24, 2.45) is 0 Å². The monoisotopic (exact) mass is 372 g/mol. The first-order chi connectivity index (χ1) is 12.6. The Morgan fingerprint density at radius 2 is 1.96 bits per heavy atom. The second-order valence-corrected chi connectivity index (χ2v) is 7.08. The summed E-state index contributed by atoms with van der Waals surface area (Å²) < 4.78 is 5.19. The molecule has 1 aromatic heterocycles. The number of benzene rings is 1. The van der Waals surface area contributed by atoms with Crippen molar-refractivity contribution in [2.45, 2.75) is 39.5 Å². The Morgan fingerprint density at radius 3 is 2.63 bits per heavy atom. The number of ether oxygens (including phenoxy) is 1. The van der Waals surface area contributed by atoms with E-state index in [1.807, 2.05) is 18.0 Å². The smallest absolute Gasteiger partial charge is 0.407 e. The van der Waals surface area contributed by atoms with E-state index in [2.05, 4.69) is 15.3 Å². The highest BCUT2D eigenvalue weighted by atomic mass is 16.6. The molecule has 1 amide bonds. The SMILES string of the molecule is CN(Cc1cccc(C(=O)O)c1)c1cc(CNC(=O)OC(C)(C)C)ncn1. The summed E-state index contributed by atoms with van der Waals surface area (Å²) in [5.74, 6) is -0.302. The quantitative estimate of drug-likeness (QED) is 0.803. The van der Waals surface area contributed by atoms with Gasteiger partial charge in [0.05, 0.1) is 17.8 Å². The number of carboxylic acids is 1. The number of nitrogens with zero attached hydrogens (tertiary/aromatic N) is 3. The van der Waals surface area contributed by atoms with Gasteiger partial charge in [0.1, 0.15) is 17.7 Å². The van der Waals surface area contributed by atoms with Crippen LogP contribution < -0.4 is 10.2 Å². The van der Waals surface area contributed by atoms with Crippen molar-refractivity contribution in [1.29, 1.82) is 0 Å². The Labute approximate surface area is 158 Å². The lowest BCUT2D eigenvalue weighted by molar-refractivity contribution is 0.0522. The maximum atomic E-state index is 11.7. The number of aromatic carboxylic acids is 1. The molecule has 0 saturated heterocycles. The van der Waals surface area contributed by atoms with Crippen LogP contribution in [-0.2, 0) is 17.8 Å². The number of aromatic nitrogens is 2. The van der Waals surface area contributed by atoms with Crippen LogP contribution in [0.2, 0.25) is 0 Å². The van der Waals surface area contributed by atoms with E-state index in [0.29, 0.717) is 18.1 Å². The Kier molecular flexibility index (Phi) is 6.33. The van der Waals surface area contributed by atoms with Crippen LogP contribution in [0.3, 0.4) is 0 Å². The van der Waals surface area contributed by atoms with Gasteiger partial charge >= 0.3 is 12.1 Å². The summed E-state index contributed by atoms with van der Waals surface area (Å²) in [6, 6.07) is 8.51. The average Bonchev–Trinajstić information content (AvgIpc) is 2.59. The number of alkyl carbamates (subject to hydrolysis) is 1. The molecule has 1 heterocycles. The minimum Gasteiger partial charge on any atom is -0.478 e. The van der Waals surface area contributed by atoms with Crippen LogP contribution in [0.15, 0.2) is 36.7 Å². The predicted octanol–water partition coefficient (Wildman–Crippen LogP) is 2.84. The molecule has 0 aliphatic heterocycles. The number of carbonyl (C=O) groups is 2. The van der Waals surface area contributed by atoms with Crippen LogP contribution in [0, 0.1) is 0 Å². The number of carboxylic acid groups (broad SMARTS) is 1. The fourth-order valence-electron chi connectivity index (χ4n) is 2.33. The van der Waals surface area contributed by atoms with Gasteiger partial charge in [0.15, 0.2) is 0 Å². The Balaban J connectivity index is 2.00. The average molecular weight is 372 g/mol. The number of anilines is 1. The molecule has 8 heteroatoms. The molecule has 2 rings (SSSR count). The molecule has 144 valence electrons. The molecule has 2 N–H and O–H groups in total. The summed E-state index contributed by atoms with van der Waals surface area (Å²) in [7, 11) is 1.85. The van der Waals surface area contributed by atoms with Crippen LogP contribution in [0.1, 0.15) is 42.4 Å². The summed E-state index contributed by atoms with van der Waals surface area (Å²) >= 11 is 0. The minimum atomic E-state index is -0.961. The molecule has 0 aliphatic rings. The van der Waals surface area contributed by atoms with Gasteiger partial charge in [0.2, 0.25) is 0 Å². The molecule has 0 bridgehead atoms. The summed E-state index contributed by atoms with van der Waals surface area (Å²) in [6.45, 7) is 6.08. The molecule has 0 radical (unpaired) electrons. The minimum absolute atomic E-state index is 0.215. The highest BCUT2D eigenvalue weighted by molar-refractivity contribution is 5.87. The first kappa shape index (κ1) is 20.2. The Morgan fingerprint density at radius 1 is 1.22 bits per heavy atom. The predicted molar refractivity (Wildman–Crippen MR) is 101 cm³/mol. The van der Waals surface area contributed by atoms with Crippen LogP contribution in [-0.4, -0.2) is 39.8 Å². The summed E-state index contributed by atoms with van der Waals surface area (Å²) in [5.41, 5.74) is 1.17. The zero-order valence-corrected chi connectivity index (χ0v) is 15.9. The van der Waals surface area contributed by atoms with E-state index in [0.717, 1.165) is 5.56 Å². The number of carbonyl (C=O) groups excluding carboxylic acids is 1. The molecule has 0 fully saturated rings. The fraction of sp³-hybridized carbons (Fsp3) is 0.368. The van der Waals surface area contributed by atoms with Crippen LogP contribution in [0.25, 0.3) is 0 Å². The lowest BCUT2D eigenvalue weighted by Gasteiger charge is -2.20. The van der Waals surface area contributed by atoms with Crippen molar-refractivity contribution in [1.82, 2.24) is 15.3 Å². The summed E-state index contributed by atoms with van der Waals surface area (Å²) in [4.78, 5) is 33.1. The van der Waals surface area contributed by atoms with E-state index >= 15 is 0 Å². The standard InChI is InChI=1S/C19H24N4O4/c1-19(2,3)27-18(26)20-10-15-9-16(22-12-21-15)23(4)11-13-6-5-7-14(8-13)17(24)25/h5-9,12H,10-11H2,1-4H3,(H,20,26)(H,24,25). The van der Waals surface area contributed by atoms with Crippen molar-refractivity contribution < 1.29 is 19.4 Å². The third-order valence-electron chi connectivity index (χ3n) is 3.51. The molecular formula is C19H24N4O4. The molecule has 27 heavy (non-hydrogen) atoms. The van der Waals surface area contributed by atoms with Crippen molar-refractivity contribution in [3.8, 4) is 0 Å². The number of nitrogens with one attached hydrogen (secondary N) is 1. The molecule has 1 aromatic carbocycles. The van der Waals surface area contributed by atoms with Gasteiger partial charge in [-0.2, -0.15) is 0 Å². The van der Waals surface area contributed by atoms with Gasteiger partial charge in [-0.05, 0) is 38.5 Å². The molecule has 2 aromatic rings. The zero-order valence-electron chi connectivity index (χ0n) is 15.9. The molecule has 0 spiro atoms. The molecule has 8 nitrogen and oxygen atoms in total. The normalized spacial score (nSPS) is 11.0. The van der Waals surface area contributed by atoms with E-state index in [4.69, 9.17) is 9.84 Å². The lowest BCUT2D eigenvalue weighted by atomic mass is 10.1. The maximum Gasteiger partial charge on any atom is 0.407 e. The molecule has 0 saturated carbocycles. The molecule has 0 atom stereocenters. The second-order valence-electron chi connectivity index (χ2n) is 7.08. The van der Waals surface area contributed by atoms with Gasteiger partial charge in [-0.1, -0.05) is 12.1 Å². The van der Waals surface area contributed by atoms with E-state index < -0.39 is 17.7 Å². The van der Waals surface area contributed by atoms with E-state index in [9.17, 15) is 9.59 Å². The maximum absolute atomic E-state index is 11.7. The summed E-state index contributed by atoms with van der Waals surface area (Å²) in [5, 5.41) is 11.7. The largest absolute Gasteiger partial charge is 0.478 e. The van der Waals surface area contributed by atoms with Gasteiger partial charge in [-0.3, -0.25) is 0 Å². The van der Waals surface area contributed by atoms with Crippen molar-refractivity contribution in [3.63, 3.8) is 0 Å². The highest BCUT2D eigenvalue weighted by Crippen LogP contribution is 2.14. The first-order valence-corrected chi connectivity index (χ1v) is 8.45. The third kappa shape index (κ3) is 6.58. The fourth-order valence-corrected chi connectivity index (χ4v) is 2.33. The van der Waals surface area contributed by atoms with Crippen molar-refractivity contribution in [2.75, 3.05) is 11.9 Å². The second kappa shape index (κ2) is 8.48.